The van der Waals surface area contributed by atoms with E-state index in [1.165, 1.54) is 0 Å². The minimum Gasteiger partial charge on any atom is -0.383 e. The van der Waals surface area contributed by atoms with Crippen molar-refractivity contribution in [3.8, 4) is 0 Å². The number of nitrogens with zero attached hydrogens (tertiary/aromatic N) is 1. The van der Waals surface area contributed by atoms with Crippen molar-refractivity contribution in [1.29, 1.82) is 0 Å². The molecule has 0 atom stereocenters. The molecule has 0 aliphatic rings. The van der Waals surface area contributed by atoms with E-state index in [1.807, 2.05) is 37.3 Å². The van der Waals surface area contributed by atoms with Crippen molar-refractivity contribution in [3.63, 3.8) is 0 Å². The van der Waals surface area contributed by atoms with Crippen LogP contribution in [0.2, 0.25) is 0 Å². The number of rotatable bonds is 6. The Labute approximate surface area is 124 Å². The van der Waals surface area contributed by atoms with Gasteiger partial charge in [-0.05, 0) is 36.8 Å². The molecule has 0 unspecified atom stereocenters. The minimum atomic E-state index is -0.226. The van der Waals surface area contributed by atoms with Gasteiger partial charge in [0, 0.05) is 31.2 Å². The molecule has 110 valence electrons. The fourth-order valence-corrected chi connectivity index (χ4v) is 1.88. The average Bonchev–Trinajstić information content (AvgIpc) is 2.48. The van der Waals surface area contributed by atoms with E-state index in [9.17, 15) is 4.79 Å². The first-order chi connectivity index (χ1) is 10.2. The van der Waals surface area contributed by atoms with E-state index in [0.717, 1.165) is 16.9 Å². The van der Waals surface area contributed by atoms with Crippen molar-refractivity contribution in [2.45, 2.75) is 6.92 Å². The molecular formula is C16H19N3O2. The summed E-state index contributed by atoms with van der Waals surface area (Å²) in [4.78, 5) is 16.3. The maximum atomic E-state index is 12.2. The van der Waals surface area contributed by atoms with E-state index in [0.29, 0.717) is 18.8 Å². The lowest BCUT2D eigenvalue weighted by molar-refractivity contribution is 0.102. The van der Waals surface area contributed by atoms with E-state index < -0.39 is 0 Å². The largest absolute Gasteiger partial charge is 0.383 e. The molecule has 0 fully saturated rings. The van der Waals surface area contributed by atoms with Gasteiger partial charge in [-0.15, -0.1) is 0 Å². The molecule has 2 aromatic rings. The van der Waals surface area contributed by atoms with Crippen LogP contribution in [0.1, 0.15) is 16.1 Å². The van der Waals surface area contributed by atoms with Crippen molar-refractivity contribution in [2.75, 3.05) is 30.9 Å². The van der Waals surface area contributed by atoms with Crippen LogP contribution in [0.4, 0.5) is 11.4 Å². The van der Waals surface area contributed by atoms with E-state index in [1.54, 1.807) is 19.4 Å². The van der Waals surface area contributed by atoms with Crippen molar-refractivity contribution < 1.29 is 9.53 Å². The van der Waals surface area contributed by atoms with Gasteiger partial charge in [-0.3, -0.25) is 9.78 Å². The van der Waals surface area contributed by atoms with Gasteiger partial charge in [0.25, 0.3) is 5.91 Å². The predicted molar refractivity (Wildman–Crippen MR) is 83.7 cm³/mol. The van der Waals surface area contributed by atoms with Gasteiger partial charge in [-0.1, -0.05) is 12.1 Å². The van der Waals surface area contributed by atoms with Crippen LogP contribution < -0.4 is 10.6 Å². The number of nitrogens with one attached hydrogen (secondary N) is 2. The third-order valence-corrected chi connectivity index (χ3v) is 2.90. The average molecular weight is 285 g/mol. The first-order valence-electron chi connectivity index (χ1n) is 6.76. The molecule has 1 amide bonds. The molecule has 2 rings (SSSR count). The number of carbonyl (C=O) groups excluding carboxylic acids is 1. The number of hydrogen-bond acceptors (Lipinski definition) is 4. The first-order valence-corrected chi connectivity index (χ1v) is 6.76. The van der Waals surface area contributed by atoms with Gasteiger partial charge in [0.1, 0.15) is 5.69 Å². The molecule has 5 heteroatoms. The quantitative estimate of drug-likeness (QED) is 0.801. The van der Waals surface area contributed by atoms with Gasteiger partial charge in [0.05, 0.1) is 6.61 Å². The van der Waals surface area contributed by atoms with Gasteiger partial charge in [0.2, 0.25) is 0 Å². The Balaban J connectivity index is 2.03. The number of aryl methyl sites for hydroxylation is 1. The fourth-order valence-electron chi connectivity index (χ4n) is 1.88. The Morgan fingerprint density at radius 3 is 2.86 bits per heavy atom. The van der Waals surface area contributed by atoms with Gasteiger partial charge < -0.3 is 15.4 Å². The molecule has 0 saturated carbocycles. The maximum Gasteiger partial charge on any atom is 0.274 e. The van der Waals surface area contributed by atoms with E-state index in [2.05, 4.69) is 15.6 Å². The van der Waals surface area contributed by atoms with Crippen molar-refractivity contribution in [3.05, 3.63) is 53.9 Å². The van der Waals surface area contributed by atoms with Crippen molar-refractivity contribution >= 4 is 17.3 Å². The van der Waals surface area contributed by atoms with Gasteiger partial charge in [-0.2, -0.15) is 0 Å². The normalized spacial score (nSPS) is 10.2. The number of carbonyl (C=O) groups is 1. The highest BCUT2D eigenvalue weighted by Gasteiger charge is 2.08. The zero-order chi connectivity index (χ0) is 15.1. The van der Waals surface area contributed by atoms with E-state index >= 15 is 0 Å². The lowest BCUT2D eigenvalue weighted by Gasteiger charge is -2.08. The summed E-state index contributed by atoms with van der Waals surface area (Å²) in [5.74, 6) is -0.226. The van der Waals surface area contributed by atoms with Gasteiger partial charge >= 0.3 is 0 Å². The zero-order valence-corrected chi connectivity index (χ0v) is 12.2. The number of benzene rings is 1. The van der Waals surface area contributed by atoms with Crippen LogP contribution in [0.5, 0.6) is 0 Å². The Morgan fingerprint density at radius 2 is 2.10 bits per heavy atom. The lowest BCUT2D eigenvalue weighted by atomic mass is 10.2. The van der Waals surface area contributed by atoms with Crippen LogP contribution in [0.25, 0.3) is 0 Å². The first kappa shape index (κ1) is 15.0. The molecule has 0 saturated heterocycles. The second-order valence-electron chi connectivity index (χ2n) is 4.67. The zero-order valence-electron chi connectivity index (χ0n) is 12.2. The monoisotopic (exact) mass is 285 g/mol. The third-order valence-electron chi connectivity index (χ3n) is 2.90. The summed E-state index contributed by atoms with van der Waals surface area (Å²) in [6, 6.07) is 11.2. The fraction of sp³-hybridized carbons (Fsp3) is 0.250. The van der Waals surface area contributed by atoms with Crippen LogP contribution in [-0.4, -0.2) is 31.2 Å². The van der Waals surface area contributed by atoms with Crippen LogP contribution in [0.15, 0.2) is 42.6 Å². The Hall–Kier alpha value is -2.40. The standard InChI is InChI=1S/C16H19N3O2/c1-12-4-3-5-14(10-12)19-16(20)15-11-13(6-7-18-15)17-8-9-21-2/h3-7,10-11H,8-9H2,1-2H3,(H,17,18)(H,19,20). The summed E-state index contributed by atoms with van der Waals surface area (Å²) in [5, 5.41) is 6.01. The third kappa shape index (κ3) is 4.57. The Morgan fingerprint density at radius 1 is 1.24 bits per heavy atom. The van der Waals surface area contributed by atoms with Crippen molar-refractivity contribution in [2.24, 2.45) is 0 Å². The summed E-state index contributed by atoms with van der Waals surface area (Å²) in [6.45, 7) is 3.26. The molecule has 21 heavy (non-hydrogen) atoms. The molecule has 0 aliphatic carbocycles. The summed E-state index contributed by atoms with van der Waals surface area (Å²) in [7, 11) is 1.65. The molecule has 2 N–H and O–H groups in total. The molecule has 1 aromatic carbocycles. The second-order valence-corrected chi connectivity index (χ2v) is 4.67. The molecule has 0 aliphatic heterocycles. The molecule has 1 heterocycles. The predicted octanol–water partition coefficient (Wildman–Crippen LogP) is 2.70. The van der Waals surface area contributed by atoms with Crippen LogP contribution in [0, 0.1) is 6.92 Å². The molecule has 0 spiro atoms. The highest BCUT2D eigenvalue weighted by Crippen LogP contribution is 2.13. The lowest BCUT2D eigenvalue weighted by Crippen LogP contribution is -2.14. The smallest absolute Gasteiger partial charge is 0.274 e. The van der Waals surface area contributed by atoms with Crippen LogP contribution in [0.3, 0.4) is 0 Å². The van der Waals surface area contributed by atoms with Gasteiger partial charge in [-0.25, -0.2) is 0 Å². The molecular weight excluding hydrogens is 266 g/mol. The number of methoxy groups -OCH3 is 1. The topological polar surface area (TPSA) is 63.2 Å². The Kier molecular flexibility index (Phi) is 5.29. The maximum absolute atomic E-state index is 12.2. The van der Waals surface area contributed by atoms with Crippen LogP contribution >= 0.6 is 0 Å². The van der Waals surface area contributed by atoms with E-state index in [-0.39, 0.29) is 5.91 Å². The Bertz CT molecular complexity index is 614. The summed E-state index contributed by atoms with van der Waals surface area (Å²) >= 11 is 0. The number of hydrogen-bond donors (Lipinski definition) is 2. The molecule has 1 aromatic heterocycles. The number of anilines is 2. The van der Waals surface area contributed by atoms with Crippen molar-refractivity contribution in [1.82, 2.24) is 4.98 Å². The summed E-state index contributed by atoms with van der Waals surface area (Å²) in [5.41, 5.74) is 3.07. The molecule has 0 radical (unpaired) electrons. The number of pyridine rings is 1. The molecule has 0 bridgehead atoms. The number of amides is 1. The summed E-state index contributed by atoms with van der Waals surface area (Å²) in [6.07, 6.45) is 1.61. The van der Waals surface area contributed by atoms with Gasteiger partial charge in [0.15, 0.2) is 0 Å². The number of aromatic nitrogens is 1. The summed E-state index contributed by atoms with van der Waals surface area (Å²) < 4.78 is 4.97. The van der Waals surface area contributed by atoms with Crippen LogP contribution in [-0.2, 0) is 4.74 Å². The number of ether oxygens (including phenoxy) is 1. The SMILES string of the molecule is COCCNc1ccnc(C(=O)Nc2cccc(C)c2)c1. The molecule has 5 nitrogen and oxygen atoms in total. The minimum absolute atomic E-state index is 0.226. The second kappa shape index (κ2) is 7.40. The highest BCUT2D eigenvalue weighted by atomic mass is 16.5. The van der Waals surface area contributed by atoms with E-state index in [4.69, 9.17) is 4.74 Å². The highest BCUT2D eigenvalue weighted by molar-refractivity contribution is 6.03.